The summed E-state index contributed by atoms with van der Waals surface area (Å²) in [6.45, 7) is 3.68. The molecule has 134 valence electrons. The first-order chi connectivity index (χ1) is 10.4. The van der Waals surface area contributed by atoms with Crippen LogP contribution < -0.4 is 51.4 Å². The molecule has 0 rings (SSSR count). The topological polar surface area (TPSA) is 77.4 Å². The number of rotatable bonds is 15. The number of aliphatic hydroxyl groups excluding tert-OH is 1. The number of unbranched alkanes of at least 4 members (excludes halogenated alkanes) is 8. The summed E-state index contributed by atoms with van der Waals surface area (Å²) in [5.74, 6) is 0. The van der Waals surface area contributed by atoms with Crippen molar-refractivity contribution < 1.29 is 69.5 Å². The van der Waals surface area contributed by atoms with Gasteiger partial charge in [0, 0.05) is 5.25 Å². The first-order valence-corrected chi connectivity index (χ1v) is 10.5. The molecule has 6 heteroatoms. The van der Waals surface area contributed by atoms with Crippen molar-refractivity contribution in [1.29, 1.82) is 0 Å². The molecular formula is C17H35KO4S. The molecule has 23 heavy (non-hydrogen) atoms. The minimum absolute atomic E-state index is 0. The van der Waals surface area contributed by atoms with Crippen LogP contribution in [0.15, 0.2) is 0 Å². The maximum atomic E-state index is 10.7. The van der Waals surface area contributed by atoms with Crippen LogP contribution in [0.4, 0.5) is 0 Å². The van der Waals surface area contributed by atoms with E-state index in [0.29, 0.717) is 6.42 Å². The molecule has 0 aliphatic heterocycles. The Bertz CT molecular complexity index is 347. The zero-order valence-electron chi connectivity index (χ0n) is 15.4. The molecule has 0 aromatic heterocycles. The van der Waals surface area contributed by atoms with E-state index >= 15 is 0 Å². The van der Waals surface area contributed by atoms with Gasteiger partial charge in [0.1, 0.15) is 0 Å². The third-order valence-electron chi connectivity index (χ3n) is 4.28. The van der Waals surface area contributed by atoms with E-state index in [4.69, 9.17) is 0 Å². The van der Waals surface area contributed by atoms with Gasteiger partial charge in [-0.05, 0) is 26.2 Å². The van der Waals surface area contributed by atoms with Gasteiger partial charge in [0.25, 0.3) is 0 Å². The van der Waals surface area contributed by atoms with Crippen LogP contribution in [-0.4, -0.2) is 29.4 Å². The first kappa shape index (κ1) is 26.7. The van der Waals surface area contributed by atoms with Crippen LogP contribution in [0.5, 0.6) is 0 Å². The standard InChI is InChI=1S/C17H36O4S.K/c1-3-4-5-11-14-17(18)15-12-9-7-6-8-10-13-16(2)22(19,20)21;/h16-18H,3-15H2,1-2H3,(H,19,20,21);/q;+1/p-1. The van der Waals surface area contributed by atoms with E-state index in [1.807, 2.05) is 0 Å². The molecular weight excluding hydrogens is 339 g/mol. The Kier molecular flexibility index (Phi) is 19.7. The summed E-state index contributed by atoms with van der Waals surface area (Å²) in [4.78, 5) is 0. The van der Waals surface area contributed by atoms with Gasteiger partial charge in [0.2, 0.25) is 0 Å². The summed E-state index contributed by atoms with van der Waals surface area (Å²) in [5, 5.41) is 9.09. The summed E-state index contributed by atoms with van der Waals surface area (Å²) in [6, 6.07) is 0. The fraction of sp³-hybridized carbons (Fsp3) is 1.00. The molecule has 0 aliphatic carbocycles. The average molecular weight is 375 g/mol. The zero-order valence-corrected chi connectivity index (χ0v) is 19.4. The van der Waals surface area contributed by atoms with E-state index in [1.54, 1.807) is 0 Å². The van der Waals surface area contributed by atoms with Crippen molar-refractivity contribution in [2.24, 2.45) is 0 Å². The van der Waals surface area contributed by atoms with Crippen LogP contribution in [-0.2, 0) is 10.1 Å². The molecule has 0 fully saturated rings. The van der Waals surface area contributed by atoms with Gasteiger partial charge >= 0.3 is 51.4 Å². The average Bonchev–Trinajstić information content (AvgIpc) is 2.45. The summed E-state index contributed by atoms with van der Waals surface area (Å²) < 4.78 is 32.2. The molecule has 0 amide bonds. The molecule has 0 aromatic carbocycles. The Morgan fingerprint density at radius 2 is 1.22 bits per heavy atom. The zero-order chi connectivity index (χ0) is 16.8. The van der Waals surface area contributed by atoms with Crippen molar-refractivity contribution in [3.05, 3.63) is 0 Å². The molecule has 0 radical (unpaired) electrons. The van der Waals surface area contributed by atoms with Crippen molar-refractivity contribution >= 4 is 10.1 Å². The fourth-order valence-electron chi connectivity index (χ4n) is 2.61. The minimum Gasteiger partial charge on any atom is -0.748 e. The minimum atomic E-state index is -4.10. The third kappa shape index (κ3) is 18.1. The van der Waals surface area contributed by atoms with Gasteiger partial charge in [-0.15, -0.1) is 0 Å². The molecule has 0 aliphatic rings. The molecule has 1 N–H and O–H groups in total. The predicted molar refractivity (Wildman–Crippen MR) is 90.9 cm³/mol. The van der Waals surface area contributed by atoms with Gasteiger partial charge in [-0.1, -0.05) is 71.1 Å². The van der Waals surface area contributed by atoms with Crippen molar-refractivity contribution in [1.82, 2.24) is 0 Å². The second kappa shape index (κ2) is 16.9. The van der Waals surface area contributed by atoms with Gasteiger partial charge < -0.3 is 9.66 Å². The molecule has 0 spiro atoms. The van der Waals surface area contributed by atoms with Gasteiger partial charge in [-0.3, -0.25) is 0 Å². The van der Waals surface area contributed by atoms with Crippen LogP contribution in [0, 0.1) is 0 Å². The van der Waals surface area contributed by atoms with Gasteiger partial charge in [0.15, 0.2) is 0 Å². The van der Waals surface area contributed by atoms with Crippen LogP contribution >= 0.6 is 0 Å². The summed E-state index contributed by atoms with van der Waals surface area (Å²) >= 11 is 0. The van der Waals surface area contributed by atoms with E-state index in [-0.39, 0.29) is 57.5 Å². The van der Waals surface area contributed by atoms with Crippen LogP contribution in [0.2, 0.25) is 0 Å². The number of hydrogen-bond donors (Lipinski definition) is 1. The number of aliphatic hydroxyl groups is 1. The second-order valence-corrected chi connectivity index (χ2v) is 8.30. The normalized spacial score (nSPS) is 14.3. The second-order valence-electron chi connectivity index (χ2n) is 6.51. The van der Waals surface area contributed by atoms with E-state index in [2.05, 4.69) is 6.92 Å². The first-order valence-electron chi connectivity index (χ1n) is 9.00. The summed E-state index contributed by atoms with van der Waals surface area (Å²) in [6.07, 6.45) is 13.2. The maximum absolute atomic E-state index is 10.7. The van der Waals surface area contributed by atoms with Crippen molar-refractivity contribution in [2.45, 2.75) is 109 Å². The smallest absolute Gasteiger partial charge is 0.748 e. The SMILES string of the molecule is CCCCCCC(O)CCCCCCCCC(C)S(=O)(=O)[O-].[K+]. The van der Waals surface area contributed by atoms with Crippen molar-refractivity contribution in [3.63, 3.8) is 0 Å². The maximum Gasteiger partial charge on any atom is 1.00 e. The van der Waals surface area contributed by atoms with Crippen LogP contribution in [0.3, 0.4) is 0 Å². The van der Waals surface area contributed by atoms with Crippen molar-refractivity contribution in [3.8, 4) is 0 Å². The molecule has 0 saturated carbocycles. The molecule has 0 saturated heterocycles. The molecule has 2 atom stereocenters. The Labute approximate surface area is 186 Å². The van der Waals surface area contributed by atoms with Gasteiger partial charge in [-0.25, -0.2) is 8.42 Å². The van der Waals surface area contributed by atoms with E-state index < -0.39 is 15.4 Å². The van der Waals surface area contributed by atoms with Crippen molar-refractivity contribution in [2.75, 3.05) is 0 Å². The molecule has 0 heterocycles. The third-order valence-corrected chi connectivity index (χ3v) is 5.50. The van der Waals surface area contributed by atoms with E-state index in [9.17, 15) is 18.1 Å². The van der Waals surface area contributed by atoms with Gasteiger partial charge in [-0.2, -0.15) is 0 Å². The number of hydrogen-bond acceptors (Lipinski definition) is 4. The fourth-order valence-corrected chi connectivity index (χ4v) is 3.07. The van der Waals surface area contributed by atoms with Crippen LogP contribution in [0.1, 0.15) is 97.3 Å². The molecule has 4 nitrogen and oxygen atoms in total. The van der Waals surface area contributed by atoms with E-state index in [0.717, 1.165) is 57.8 Å². The largest absolute Gasteiger partial charge is 1.00 e. The van der Waals surface area contributed by atoms with Gasteiger partial charge in [0.05, 0.1) is 16.2 Å². The Balaban J connectivity index is 0. The molecule has 0 aromatic rings. The van der Waals surface area contributed by atoms with Crippen LogP contribution in [0.25, 0.3) is 0 Å². The molecule has 2 unspecified atom stereocenters. The monoisotopic (exact) mass is 374 g/mol. The summed E-state index contributed by atoms with van der Waals surface area (Å²) in [7, 11) is -4.10. The predicted octanol–water partition coefficient (Wildman–Crippen LogP) is 1.38. The Morgan fingerprint density at radius 1 is 0.826 bits per heavy atom. The quantitative estimate of drug-likeness (QED) is 0.267. The van der Waals surface area contributed by atoms with E-state index in [1.165, 1.54) is 26.2 Å². The Morgan fingerprint density at radius 3 is 1.65 bits per heavy atom. The summed E-state index contributed by atoms with van der Waals surface area (Å²) in [5.41, 5.74) is 0. The molecule has 0 bridgehead atoms. The Hall–Kier alpha value is 1.51.